The molecule has 0 spiro atoms. The lowest BCUT2D eigenvalue weighted by molar-refractivity contribution is 0.190. The van der Waals surface area contributed by atoms with Crippen LogP contribution in [0.15, 0.2) is 42.7 Å². The molecule has 0 bridgehead atoms. The van der Waals surface area contributed by atoms with Gasteiger partial charge in [-0.25, -0.2) is 0 Å². The van der Waals surface area contributed by atoms with E-state index in [1.54, 1.807) is 19.3 Å². The van der Waals surface area contributed by atoms with E-state index in [4.69, 9.17) is 4.74 Å². The number of aromatic nitrogens is 1. The molecule has 94 valence electrons. The largest absolute Gasteiger partial charge is 0.489 e. The van der Waals surface area contributed by atoms with Gasteiger partial charge in [-0.3, -0.25) is 4.98 Å². The maximum atomic E-state index is 9.70. The van der Waals surface area contributed by atoms with Crippen LogP contribution >= 0.6 is 0 Å². The lowest BCUT2D eigenvalue weighted by Crippen LogP contribution is -2.01. The number of hydrogen-bond donors (Lipinski definition) is 1. The van der Waals surface area contributed by atoms with Crippen LogP contribution in [0.1, 0.15) is 29.7 Å². The Bertz CT molecular complexity index is 509. The van der Waals surface area contributed by atoms with Crippen molar-refractivity contribution in [2.24, 2.45) is 0 Å². The Balaban J connectivity index is 2.15. The van der Waals surface area contributed by atoms with Crippen LogP contribution in [0.4, 0.5) is 0 Å². The third-order valence-corrected chi connectivity index (χ3v) is 2.76. The third kappa shape index (κ3) is 3.08. The highest BCUT2D eigenvalue weighted by Gasteiger charge is 2.09. The van der Waals surface area contributed by atoms with E-state index in [9.17, 15) is 5.11 Å². The molecule has 0 fully saturated rings. The summed E-state index contributed by atoms with van der Waals surface area (Å²) in [6, 6.07) is 9.65. The fourth-order valence-electron chi connectivity index (χ4n) is 1.75. The van der Waals surface area contributed by atoms with Gasteiger partial charge in [0, 0.05) is 18.0 Å². The number of pyridine rings is 1. The van der Waals surface area contributed by atoms with E-state index in [-0.39, 0.29) is 0 Å². The van der Waals surface area contributed by atoms with Gasteiger partial charge >= 0.3 is 0 Å². The van der Waals surface area contributed by atoms with Crippen molar-refractivity contribution in [3.63, 3.8) is 0 Å². The molecule has 0 aliphatic rings. The van der Waals surface area contributed by atoms with Crippen LogP contribution in [0.2, 0.25) is 0 Å². The van der Waals surface area contributed by atoms with Crippen LogP contribution in [-0.4, -0.2) is 10.1 Å². The highest BCUT2D eigenvalue weighted by atomic mass is 16.5. The molecule has 2 aromatic rings. The van der Waals surface area contributed by atoms with Gasteiger partial charge < -0.3 is 9.84 Å². The lowest BCUT2D eigenvalue weighted by atomic mass is 10.1. The smallest absolute Gasteiger partial charge is 0.125 e. The first-order valence-corrected chi connectivity index (χ1v) is 5.97. The van der Waals surface area contributed by atoms with Crippen LogP contribution in [0, 0.1) is 6.92 Å². The van der Waals surface area contributed by atoms with Crippen molar-refractivity contribution < 1.29 is 9.84 Å². The summed E-state index contributed by atoms with van der Waals surface area (Å²) in [6.45, 7) is 4.22. The standard InChI is InChI=1S/C15H17NO2/c1-11-3-4-14(12(2)17)15(9-11)18-10-13-5-7-16-8-6-13/h3-9,12,17H,10H2,1-2H3/t12-/m0/s1. The number of benzene rings is 1. The average Bonchev–Trinajstić information content (AvgIpc) is 2.37. The number of ether oxygens (including phenoxy) is 1. The average molecular weight is 243 g/mol. The lowest BCUT2D eigenvalue weighted by Gasteiger charge is -2.14. The van der Waals surface area contributed by atoms with Gasteiger partial charge in [-0.1, -0.05) is 12.1 Å². The quantitative estimate of drug-likeness (QED) is 0.897. The SMILES string of the molecule is Cc1ccc([C@H](C)O)c(OCc2ccncc2)c1. The predicted octanol–water partition coefficient (Wildman–Crippen LogP) is 3.02. The number of aryl methyl sites for hydroxylation is 1. The summed E-state index contributed by atoms with van der Waals surface area (Å²) in [5, 5.41) is 9.70. The normalized spacial score (nSPS) is 12.2. The van der Waals surface area contributed by atoms with Crippen molar-refractivity contribution in [2.45, 2.75) is 26.6 Å². The molecule has 0 aliphatic heterocycles. The Kier molecular flexibility index (Phi) is 3.95. The summed E-state index contributed by atoms with van der Waals surface area (Å²) in [5.74, 6) is 0.738. The third-order valence-electron chi connectivity index (χ3n) is 2.76. The molecule has 1 aromatic carbocycles. The zero-order valence-electron chi connectivity index (χ0n) is 10.6. The first-order valence-electron chi connectivity index (χ1n) is 5.97. The van der Waals surface area contributed by atoms with Crippen LogP contribution in [-0.2, 0) is 6.61 Å². The van der Waals surface area contributed by atoms with E-state index in [1.165, 1.54) is 0 Å². The zero-order chi connectivity index (χ0) is 13.0. The van der Waals surface area contributed by atoms with E-state index < -0.39 is 6.10 Å². The Morgan fingerprint density at radius 2 is 1.94 bits per heavy atom. The minimum absolute atomic E-state index is 0.478. The Hall–Kier alpha value is -1.87. The van der Waals surface area contributed by atoms with Gasteiger partial charge in [0.15, 0.2) is 0 Å². The second kappa shape index (κ2) is 5.65. The molecule has 18 heavy (non-hydrogen) atoms. The molecule has 0 saturated carbocycles. The highest BCUT2D eigenvalue weighted by molar-refractivity contribution is 5.38. The molecule has 2 rings (SSSR count). The minimum Gasteiger partial charge on any atom is -0.489 e. The van der Waals surface area contributed by atoms with E-state index >= 15 is 0 Å². The molecular formula is C15H17NO2. The van der Waals surface area contributed by atoms with Crippen molar-refractivity contribution in [2.75, 3.05) is 0 Å². The molecule has 0 aliphatic carbocycles. The number of aliphatic hydroxyl groups excluding tert-OH is 1. The molecule has 1 atom stereocenters. The van der Waals surface area contributed by atoms with E-state index in [2.05, 4.69) is 4.98 Å². The molecule has 3 nitrogen and oxygen atoms in total. The van der Waals surface area contributed by atoms with Gasteiger partial charge in [0.1, 0.15) is 12.4 Å². The molecule has 1 heterocycles. The monoisotopic (exact) mass is 243 g/mol. The summed E-state index contributed by atoms with van der Waals surface area (Å²) < 4.78 is 5.78. The molecular weight excluding hydrogens is 226 g/mol. The Morgan fingerprint density at radius 3 is 2.61 bits per heavy atom. The van der Waals surface area contributed by atoms with Gasteiger partial charge in [0.2, 0.25) is 0 Å². The second-order valence-corrected chi connectivity index (χ2v) is 4.36. The van der Waals surface area contributed by atoms with Gasteiger partial charge in [-0.15, -0.1) is 0 Å². The molecule has 0 unspecified atom stereocenters. The summed E-state index contributed by atoms with van der Waals surface area (Å²) in [4.78, 5) is 3.96. The van der Waals surface area contributed by atoms with Gasteiger partial charge in [0.25, 0.3) is 0 Å². The molecule has 0 radical (unpaired) electrons. The molecule has 1 N–H and O–H groups in total. The minimum atomic E-state index is -0.530. The first-order chi connectivity index (χ1) is 8.66. The molecule has 0 amide bonds. The molecule has 0 saturated heterocycles. The van der Waals surface area contributed by atoms with E-state index in [0.717, 1.165) is 22.4 Å². The van der Waals surface area contributed by atoms with Crippen molar-refractivity contribution in [3.05, 3.63) is 59.4 Å². The predicted molar refractivity (Wildman–Crippen MR) is 70.4 cm³/mol. The summed E-state index contributed by atoms with van der Waals surface area (Å²) in [5.41, 5.74) is 2.99. The van der Waals surface area contributed by atoms with Crippen molar-refractivity contribution in [1.29, 1.82) is 0 Å². The van der Waals surface area contributed by atoms with Crippen molar-refractivity contribution in [1.82, 2.24) is 4.98 Å². The number of aliphatic hydroxyl groups is 1. The second-order valence-electron chi connectivity index (χ2n) is 4.36. The van der Waals surface area contributed by atoms with Gasteiger partial charge in [-0.2, -0.15) is 0 Å². The summed E-state index contributed by atoms with van der Waals surface area (Å²) in [7, 11) is 0. The summed E-state index contributed by atoms with van der Waals surface area (Å²) >= 11 is 0. The van der Waals surface area contributed by atoms with Crippen molar-refractivity contribution in [3.8, 4) is 5.75 Å². The van der Waals surface area contributed by atoms with Crippen molar-refractivity contribution >= 4 is 0 Å². The van der Waals surface area contributed by atoms with Crippen LogP contribution < -0.4 is 4.74 Å². The molecule has 3 heteroatoms. The number of nitrogens with zero attached hydrogens (tertiary/aromatic N) is 1. The van der Waals surface area contributed by atoms with E-state index in [0.29, 0.717) is 6.61 Å². The number of hydrogen-bond acceptors (Lipinski definition) is 3. The maximum absolute atomic E-state index is 9.70. The summed E-state index contributed by atoms with van der Waals surface area (Å²) in [6.07, 6.45) is 2.95. The fourth-order valence-corrected chi connectivity index (χ4v) is 1.75. The topological polar surface area (TPSA) is 42.4 Å². The van der Waals surface area contributed by atoms with Crippen LogP contribution in [0.5, 0.6) is 5.75 Å². The molecule has 1 aromatic heterocycles. The Morgan fingerprint density at radius 1 is 1.22 bits per heavy atom. The number of rotatable bonds is 4. The Labute approximate surface area is 107 Å². The fraction of sp³-hybridized carbons (Fsp3) is 0.267. The maximum Gasteiger partial charge on any atom is 0.125 e. The first kappa shape index (κ1) is 12.6. The van der Waals surface area contributed by atoms with Crippen LogP contribution in [0.3, 0.4) is 0 Å². The van der Waals surface area contributed by atoms with Gasteiger partial charge in [-0.05, 0) is 43.2 Å². The highest BCUT2D eigenvalue weighted by Crippen LogP contribution is 2.26. The van der Waals surface area contributed by atoms with Crippen LogP contribution in [0.25, 0.3) is 0 Å². The van der Waals surface area contributed by atoms with E-state index in [1.807, 2.05) is 37.3 Å². The zero-order valence-corrected chi connectivity index (χ0v) is 10.6. The van der Waals surface area contributed by atoms with Gasteiger partial charge in [0.05, 0.1) is 6.10 Å².